The van der Waals surface area contributed by atoms with Gasteiger partial charge in [0.05, 0.1) is 10.6 Å². The van der Waals surface area contributed by atoms with E-state index in [4.69, 9.17) is 0 Å². The maximum Gasteiger partial charge on any atom is 0.221 e. The Bertz CT molecular complexity index is 599. The third-order valence-corrected chi connectivity index (χ3v) is 3.86. The Hall–Kier alpha value is -1.88. The van der Waals surface area contributed by atoms with Gasteiger partial charge < -0.3 is 4.98 Å². The lowest BCUT2D eigenvalue weighted by molar-refractivity contribution is 0.111. The predicted octanol–water partition coefficient (Wildman–Crippen LogP) is 1.66. The number of hydrogen-bond acceptors (Lipinski definition) is 3. The molecule has 0 fully saturated rings. The molecule has 1 aromatic carbocycles. The first-order valence-electron chi connectivity index (χ1n) is 4.59. The standard InChI is InChI=1S/C11H9NO3S/c13-8-9-6-7-11(12-9)16(14,15)10-4-2-1-3-5-10/h1-8,12H. The van der Waals surface area contributed by atoms with Gasteiger partial charge in [0.1, 0.15) is 5.03 Å². The summed E-state index contributed by atoms with van der Waals surface area (Å²) in [6.07, 6.45) is 0.573. The summed E-state index contributed by atoms with van der Waals surface area (Å²) >= 11 is 0. The van der Waals surface area contributed by atoms with Gasteiger partial charge in [0, 0.05) is 0 Å². The van der Waals surface area contributed by atoms with E-state index in [0.29, 0.717) is 6.29 Å². The van der Waals surface area contributed by atoms with E-state index in [1.165, 1.54) is 24.3 Å². The van der Waals surface area contributed by atoms with Crippen molar-refractivity contribution in [2.24, 2.45) is 0 Å². The van der Waals surface area contributed by atoms with Crippen molar-refractivity contribution < 1.29 is 13.2 Å². The Balaban J connectivity index is 2.51. The number of aromatic amines is 1. The minimum atomic E-state index is -3.54. The van der Waals surface area contributed by atoms with Crippen LogP contribution >= 0.6 is 0 Å². The summed E-state index contributed by atoms with van der Waals surface area (Å²) in [5, 5.41) is 0.0285. The number of rotatable bonds is 3. The molecule has 0 bridgehead atoms. The quantitative estimate of drug-likeness (QED) is 0.823. The number of carbonyl (C=O) groups excluding carboxylic acids is 1. The number of aromatic nitrogens is 1. The van der Waals surface area contributed by atoms with E-state index in [0.717, 1.165) is 0 Å². The molecule has 0 aliphatic rings. The molecule has 1 aromatic heterocycles. The molecule has 0 saturated heterocycles. The van der Waals surface area contributed by atoms with Crippen molar-refractivity contribution in [2.75, 3.05) is 0 Å². The first-order chi connectivity index (χ1) is 7.64. The van der Waals surface area contributed by atoms with Crippen molar-refractivity contribution in [3.8, 4) is 0 Å². The summed E-state index contributed by atoms with van der Waals surface area (Å²) in [5.41, 5.74) is 0.245. The lowest BCUT2D eigenvalue weighted by atomic mass is 10.4. The zero-order valence-electron chi connectivity index (χ0n) is 8.25. The maximum atomic E-state index is 12.0. The highest BCUT2D eigenvalue weighted by atomic mass is 32.2. The lowest BCUT2D eigenvalue weighted by Crippen LogP contribution is -2.02. The van der Waals surface area contributed by atoms with Gasteiger partial charge >= 0.3 is 0 Å². The maximum absolute atomic E-state index is 12.0. The van der Waals surface area contributed by atoms with Gasteiger partial charge in [0.15, 0.2) is 6.29 Å². The Labute approximate surface area is 92.8 Å². The Kier molecular flexibility index (Phi) is 2.62. The second kappa shape index (κ2) is 3.94. The van der Waals surface area contributed by atoms with Gasteiger partial charge in [-0.2, -0.15) is 0 Å². The fourth-order valence-electron chi connectivity index (χ4n) is 1.34. The molecule has 4 nitrogen and oxygen atoms in total. The highest BCUT2D eigenvalue weighted by molar-refractivity contribution is 7.91. The van der Waals surface area contributed by atoms with Crippen LogP contribution in [0, 0.1) is 0 Å². The van der Waals surface area contributed by atoms with Gasteiger partial charge in [-0.1, -0.05) is 18.2 Å². The molecule has 0 aliphatic carbocycles. The van der Waals surface area contributed by atoms with Gasteiger partial charge in [-0.05, 0) is 24.3 Å². The second-order valence-corrected chi connectivity index (χ2v) is 5.13. The van der Waals surface area contributed by atoms with E-state index in [1.807, 2.05) is 0 Å². The van der Waals surface area contributed by atoms with E-state index in [2.05, 4.69) is 4.98 Å². The molecular formula is C11H9NO3S. The topological polar surface area (TPSA) is 67.0 Å². The van der Waals surface area contributed by atoms with Crippen LogP contribution in [0.1, 0.15) is 10.5 Å². The van der Waals surface area contributed by atoms with Crippen LogP contribution in [0.5, 0.6) is 0 Å². The first-order valence-corrected chi connectivity index (χ1v) is 6.07. The van der Waals surface area contributed by atoms with Gasteiger partial charge in [-0.15, -0.1) is 0 Å². The van der Waals surface area contributed by atoms with E-state index in [9.17, 15) is 13.2 Å². The van der Waals surface area contributed by atoms with Crippen LogP contribution in [-0.4, -0.2) is 19.7 Å². The number of carbonyl (C=O) groups is 1. The fraction of sp³-hybridized carbons (Fsp3) is 0. The molecule has 2 rings (SSSR count). The second-order valence-electron chi connectivity index (χ2n) is 3.21. The van der Waals surface area contributed by atoms with Crippen LogP contribution in [0.25, 0.3) is 0 Å². The minimum absolute atomic E-state index is 0.0285. The van der Waals surface area contributed by atoms with Gasteiger partial charge in [-0.25, -0.2) is 8.42 Å². The molecule has 0 spiro atoms. The van der Waals surface area contributed by atoms with E-state index in [-0.39, 0.29) is 15.6 Å². The highest BCUT2D eigenvalue weighted by Gasteiger charge is 2.18. The van der Waals surface area contributed by atoms with Crippen molar-refractivity contribution in [1.29, 1.82) is 0 Å². The predicted molar refractivity (Wildman–Crippen MR) is 58.1 cm³/mol. The molecule has 82 valence electrons. The van der Waals surface area contributed by atoms with Crippen molar-refractivity contribution in [3.63, 3.8) is 0 Å². The van der Waals surface area contributed by atoms with Crippen LogP contribution in [0.4, 0.5) is 0 Å². The average molecular weight is 235 g/mol. The number of H-pyrrole nitrogens is 1. The zero-order chi connectivity index (χ0) is 11.6. The molecule has 5 heteroatoms. The van der Waals surface area contributed by atoms with Gasteiger partial charge in [-0.3, -0.25) is 4.79 Å². The summed E-state index contributed by atoms with van der Waals surface area (Å²) < 4.78 is 24.0. The Morgan fingerprint density at radius 1 is 1.00 bits per heavy atom. The number of sulfone groups is 1. The molecule has 1 N–H and O–H groups in total. The minimum Gasteiger partial charge on any atom is -0.343 e. The van der Waals surface area contributed by atoms with E-state index >= 15 is 0 Å². The summed E-state index contributed by atoms with van der Waals surface area (Å²) in [4.78, 5) is 13.2. The third-order valence-electron chi connectivity index (χ3n) is 2.15. The van der Waals surface area contributed by atoms with Gasteiger partial charge in [0.2, 0.25) is 9.84 Å². The van der Waals surface area contributed by atoms with Crippen LogP contribution < -0.4 is 0 Å². The SMILES string of the molecule is O=Cc1ccc(S(=O)(=O)c2ccccc2)[nH]1. The summed E-state index contributed by atoms with van der Waals surface area (Å²) in [6.45, 7) is 0. The monoisotopic (exact) mass is 235 g/mol. The van der Waals surface area contributed by atoms with Crippen LogP contribution in [0.2, 0.25) is 0 Å². The largest absolute Gasteiger partial charge is 0.343 e. The molecule has 0 aliphatic heterocycles. The normalized spacial score (nSPS) is 11.2. The number of benzene rings is 1. The smallest absolute Gasteiger partial charge is 0.221 e. The number of nitrogens with one attached hydrogen (secondary N) is 1. The van der Waals surface area contributed by atoms with E-state index in [1.54, 1.807) is 18.2 Å². The average Bonchev–Trinajstić information content (AvgIpc) is 2.79. The van der Waals surface area contributed by atoms with Crippen molar-refractivity contribution in [1.82, 2.24) is 4.98 Å². The van der Waals surface area contributed by atoms with Crippen molar-refractivity contribution in [2.45, 2.75) is 9.92 Å². The Morgan fingerprint density at radius 2 is 1.69 bits per heavy atom. The summed E-state index contributed by atoms with van der Waals surface area (Å²) in [7, 11) is -3.54. The highest BCUT2D eigenvalue weighted by Crippen LogP contribution is 2.19. The van der Waals surface area contributed by atoms with Gasteiger partial charge in [0.25, 0.3) is 0 Å². The lowest BCUT2D eigenvalue weighted by Gasteiger charge is -2.00. The molecule has 0 unspecified atom stereocenters. The van der Waals surface area contributed by atoms with Crippen LogP contribution in [0.3, 0.4) is 0 Å². The van der Waals surface area contributed by atoms with Crippen molar-refractivity contribution >= 4 is 16.1 Å². The van der Waals surface area contributed by atoms with E-state index < -0.39 is 9.84 Å². The summed E-state index contributed by atoms with van der Waals surface area (Å²) in [6, 6.07) is 10.9. The fourth-order valence-corrected chi connectivity index (χ4v) is 2.61. The molecule has 0 radical (unpaired) electrons. The molecule has 0 atom stereocenters. The molecule has 1 heterocycles. The first kappa shape index (κ1) is 10.6. The number of hydrogen-bond donors (Lipinski definition) is 1. The molecule has 2 aromatic rings. The third kappa shape index (κ3) is 1.77. The molecular weight excluding hydrogens is 226 g/mol. The molecule has 0 saturated carbocycles. The molecule has 16 heavy (non-hydrogen) atoms. The molecule has 0 amide bonds. The summed E-state index contributed by atoms with van der Waals surface area (Å²) in [5.74, 6) is 0. The van der Waals surface area contributed by atoms with Crippen molar-refractivity contribution in [3.05, 3.63) is 48.2 Å². The van der Waals surface area contributed by atoms with Crippen LogP contribution in [-0.2, 0) is 9.84 Å². The number of aldehydes is 1. The van der Waals surface area contributed by atoms with Crippen LogP contribution in [0.15, 0.2) is 52.4 Å². The zero-order valence-corrected chi connectivity index (χ0v) is 9.07. The Morgan fingerprint density at radius 3 is 2.25 bits per heavy atom.